The Hall–Kier alpha value is -1.55. The lowest BCUT2D eigenvalue weighted by Crippen LogP contribution is -2.38. The van der Waals surface area contributed by atoms with E-state index in [2.05, 4.69) is 16.7 Å². The van der Waals surface area contributed by atoms with E-state index in [1.165, 1.54) is 24.0 Å². The molecule has 1 aliphatic heterocycles. The van der Waals surface area contributed by atoms with Gasteiger partial charge in [0, 0.05) is 6.54 Å². The second-order valence-electron chi connectivity index (χ2n) is 5.94. The van der Waals surface area contributed by atoms with Crippen LogP contribution in [0.5, 0.6) is 5.75 Å². The lowest BCUT2D eigenvalue weighted by Gasteiger charge is -2.22. The van der Waals surface area contributed by atoms with Gasteiger partial charge in [-0.1, -0.05) is 6.07 Å². The summed E-state index contributed by atoms with van der Waals surface area (Å²) in [7, 11) is 0. The van der Waals surface area contributed by atoms with Gasteiger partial charge in [0.05, 0.1) is 13.0 Å². The highest BCUT2D eigenvalue weighted by Crippen LogP contribution is 2.16. The molecule has 1 atom stereocenters. The Morgan fingerprint density at radius 2 is 2.10 bits per heavy atom. The van der Waals surface area contributed by atoms with Gasteiger partial charge in [0.1, 0.15) is 5.75 Å². The van der Waals surface area contributed by atoms with Crippen LogP contribution in [0.1, 0.15) is 30.4 Å². The summed E-state index contributed by atoms with van der Waals surface area (Å²) in [6.07, 6.45) is 2.82. The monoisotopic (exact) mass is 290 g/mol. The van der Waals surface area contributed by atoms with Crippen LogP contribution < -0.4 is 15.4 Å². The third-order valence-electron chi connectivity index (χ3n) is 3.78. The van der Waals surface area contributed by atoms with Crippen molar-refractivity contribution in [3.63, 3.8) is 0 Å². The molecule has 1 aliphatic rings. The standard InChI is InChI=1S/C17H26N2O2/c1-13-8-14(2)10-16(9-13)21-7-5-17(20)19-12-15-4-3-6-18-11-15/h8-10,15,18H,3-7,11-12H2,1-2H3,(H,19,20). The van der Waals surface area contributed by atoms with Crippen LogP contribution >= 0.6 is 0 Å². The zero-order chi connectivity index (χ0) is 15.1. The normalized spacial score (nSPS) is 18.3. The first kappa shape index (κ1) is 15.8. The van der Waals surface area contributed by atoms with Crippen molar-refractivity contribution in [2.75, 3.05) is 26.2 Å². The Kier molecular flexibility index (Phi) is 6.05. The van der Waals surface area contributed by atoms with E-state index < -0.39 is 0 Å². The molecule has 1 aromatic carbocycles. The molecule has 4 heteroatoms. The predicted molar refractivity (Wildman–Crippen MR) is 84.6 cm³/mol. The van der Waals surface area contributed by atoms with E-state index in [1.807, 2.05) is 26.0 Å². The Labute approximate surface area is 127 Å². The third-order valence-corrected chi connectivity index (χ3v) is 3.78. The van der Waals surface area contributed by atoms with Gasteiger partial charge in [-0.2, -0.15) is 0 Å². The highest BCUT2D eigenvalue weighted by molar-refractivity contribution is 5.75. The molecule has 1 aromatic rings. The number of rotatable bonds is 6. The van der Waals surface area contributed by atoms with Crippen molar-refractivity contribution in [1.29, 1.82) is 0 Å². The van der Waals surface area contributed by atoms with Gasteiger partial charge < -0.3 is 15.4 Å². The lowest BCUT2D eigenvalue weighted by molar-refractivity contribution is -0.121. The van der Waals surface area contributed by atoms with Crippen molar-refractivity contribution >= 4 is 5.91 Å². The molecule has 0 aliphatic carbocycles. The SMILES string of the molecule is Cc1cc(C)cc(OCCC(=O)NCC2CCCNC2)c1. The Morgan fingerprint density at radius 1 is 1.33 bits per heavy atom. The average molecular weight is 290 g/mol. The number of hydrogen-bond donors (Lipinski definition) is 2. The minimum absolute atomic E-state index is 0.0740. The zero-order valence-corrected chi connectivity index (χ0v) is 13.1. The number of carbonyl (C=O) groups is 1. The van der Waals surface area contributed by atoms with E-state index >= 15 is 0 Å². The lowest BCUT2D eigenvalue weighted by atomic mass is 10.00. The maximum Gasteiger partial charge on any atom is 0.223 e. The van der Waals surface area contributed by atoms with Crippen LogP contribution in [-0.4, -0.2) is 32.1 Å². The molecule has 0 radical (unpaired) electrons. The molecule has 1 unspecified atom stereocenters. The van der Waals surface area contributed by atoms with Crippen molar-refractivity contribution in [2.24, 2.45) is 5.92 Å². The molecule has 2 rings (SSSR count). The number of nitrogens with one attached hydrogen (secondary N) is 2. The number of aryl methyl sites for hydroxylation is 2. The quantitative estimate of drug-likeness (QED) is 0.844. The third kappa shape index (κ3) is 5.76. The van der Waals surface area contributed by atoms with Gasteiger partial charge in [0.2, 0.25) is 5.91 Å². The molecule has 0 saturated carbocycles. The van der Waals surface area contributed by atoms with Gasteiger partial charge in [0.25, 0.3) is 0 Å². The minimum Gasteiger partial charge on any atom is -0.493 e. The van der Waals surface area contributed by atoms with Gasteiger partial charge in [-0.05, 0) is 69.0 Å². The van der Waals surface area contributed by atoms with Crippen molar-refractivity contribution in [2.45, 2.75) is 33.1 Å². The number of benzene rings is 1. The fraction of sp³-hybridized carbons (Fsp3) is 0.588. The molecule has 1 fully saturated rings. The summed E-state index contributed by atoms with van der Waals surface area (Å²) in [4.78, 5) is 11.8. The summed E-state index contributed by atoms with van der Waals surface area (Å²) in [5.74, 6) is 1.49. The fourth-order valence-corrected chi connectivity index (χ4v) is 2.72. The summed E-state index contributed by atoms with van der Waals surface area (Å²) in [5, 5.41) is 6.36. The Morgan fingerprint density at radius 3 is 2.76 bits per heavy atom. The number of piperidine rings is 1. The number of carbonyl (C=O) groups excluding carboxylic acids is 1. The molecule has 1 saturated heterocycles. The Bertz CT molecular complexity index is 448. The molecular formula is C17H26N2O2. The predicted octanol–water partition coefficient (Wildman–Crippen LogP) is 2.19. The molecule has 21 heavy (non-hydrogen) atoms. The average Bonchev–Trinajstić information content (AvgIpc) is 2.45. The minimum atomic E-state index is 0.0740. The van der Waals surface area contributed by atoms with Gasteiger partial charge in [-0.3, -0.25) is 4.79 Å². The number of hydrogen-bond acceptors (Lipinski definition) is 3. The van der Waals surface area contributed by atoms with Crippen LogP contribution in [0.15, 0.2) is 18.2 Å². The molecule has 0 aromatic heterocycles. The second kappa shape index (κ2) is 8.03. The largest absolute Gasteiger partial charge is 0.493 e. The van der Waals surface area contributed by atoms with Gasteiger partial charge in [0.15, 0.2) is 0 Å². The van der Waals surface area contributed by atoms with Crippen LogP contribution in [0, 0.1) is 19.8 Å². The summed E-state index contributed by atoms with van der Waals surface area (Å²) >= 11 is 0. The molecule has 116 valence electrons. The van der Waals surface area contributed by atoms with Gasteiger partial charge >= 0.3 is 0 Å². The first-order valence-electron chi connectivity index (χ1n) is 7.82. The summed E-state index contributed by atoms with van der Waals surface area (Å²) in [6, 6.07) is 6.11. The Balaban J connectivity index is 1.64. The molecule has 2 N–H and O–H groups in total. The molecule has 0 bridgehead atoms. The van der Waals surface area contributed by atoms with Crippen LogP contribution in [0.4, 0.5) is 0 Å². The molecule has 1 amide bonds. The summed E-state index contributed by atoms with van der Waals surface area (Å²) < 4.78 is 5.66. The van der Waals surface area contributed by atoms with Crippen molar-refractivity contribution in [1.82, 2.24) is 10.6 Å². The second-order valence-corrected chi connectivity index (χ2v) is 5.94. The highest BCUT2D eigenvalue weighted by atomic mass is 16.5. The van der Waals surface area contributed by atoms with E-state index in [0.717, 1.165) is 25.4 Å². The van der Waals surface area contributed by atoms with E-state index in [1.54, 1.807) is 0 Å². The van der Waals surface area contributed by atoms with Crippen molar-refractivity contribution in [3.8, 4) is 5.75 Å². The van der Waals surface area contributed by atoms with Gasteiger partial charge in [-0.15, -0.1) is 0 Å². The van der Waals surface area contributed by atoms with Crippen LogP contribution in [-0.2, 0) is 4.79 Å². The summed E-state index contributed by atoms with van der Waals surface area (Å²) in [6.45, 7) is 7.41. The maximum atomic E-state index is 11.8. The molecule has 0 spiro atoms. The topological polar surface area (TPSA) is 50.4 Å². The highest BCUT2D eigenvalue weighted by Gasteiger charge is 2.13. The van der Waals surface area contributed by atoms with E-state index in [-0.39, 0.29) is 5.91 Å². The van der Waals surface area contributed by atoms with Crippen LogP contribution in [0.25, 0.3) is 0 Å². The summed E-state index contributed by atoms with van der Waals surface area (Å²) in [5.41, 5.74) is 2.36. The van der Waals surface area contributed by atoms with Crippen LogP contribution in [0.3, 0.4) is 0 Å². The first-order chi connectivity index (χ1) is 10.1. The molecule has 1 heterocycles. The zero-order valence-electron chi connectivity index (χ0n) is 13.1. The molecule has 4 nitrogen and oxygen atoms in total. The smallest absolute Gasteiger partial charge is 0.223 e. The number of ether oxygens (including phenoxy) is 1. The van der Waals surface area contributed by atoms with E-state index in [4.69, 9.17) is 4.74 Å². The maximum absolute atomic E-state index is 11.8. The van der Waals surface area contributed by atoms with Crippen molar-refractivity contribution in [3.05, 3.63) is 29.3 Å². The van der Waals surface area contributed by atoms with Crippen molar-refractivity contribution < 1.29 is 9.53 Å². The fourth-order valence-electron chi connectivity index (χ4n) is 2.72. The van der Waals surface area contributed by atoms with E-state index in [0.29, 0.717) is 18.9 Å². The first-order valence-corrected chi connectivity index (χ1v) is 7.82. The van der Waals surface area contributed by atoms with Gasteiger partial charge in [-0.25, -0.2) is 0 Å². The number of amides is 1. The van der Waals surface area contributed by atoms with E-state index in [9.17, 15) is 4.79 Å². The van der Waals surface area contributed by atoms with Crippen LogP contribution in [0.2, 0.25) is 0 Å². The molecular weight excluding hydrogens is 264 g/mol.